The highest BCUT2D eigenvalue weighted by Crippen LogP contribution is 2.39. The van der Waals surface area contributed by atoms with E-state index in [2.05, 4.69) is 21.3 Å². The third kappa shape index (κ3) is 3.07. The number of nitrogens with zero attached hydrogens (tertiary/aromatic N) is 7. The van der Waals surface area contributed by atoms with Crippen LogP contribution < -0.4 is 15.5 Å². The summed E-state index contributed by atoms with van der Waals surface area (Å²) < 4.78 is 21.8. The number of hydrazone groups is 1. The molecule has 1 aromatic carbocycles. The van der Waals surface area contributed by atoms with Crippen LogP contribution in [0.2, 0.25) is 0 Å². The molecule has 0 fully saturated rings. The summed E-state index contributed by atoms with van der Waals surface area (Å²) in [7, 11) is 1.67. The predicted molar refractivity (Wildman–Crippen MR) is 118 cm³/mol. The first-order valence-corrected chi connectivity index (χ1v) is 9.75. The van der Waals surface area contributed by atoms with Crippen LogP contribution >= 0.6 is 0 Å². The number of aliphatic imine (C=N–C) groups is 1. The number of nitrogens with two attached hydrogens (primary N) is 1. The zero-order valence-electron chi connectivity index (χ0n) is 17.2. The van der Waals surface area contributed by atoms with E-state index in [9.17, 15) is 9.65 Å². The number of aromatic nitrogens is 3. The van der Waals surface area contributed by atoms with E-state index in [-0.39, 0.29) is 5.82 Å². The molecule has 1 atom stereocenters. The van der Waals surface area contributed by atoms with E-state index in [1.54, 1.807) is 55.7 Å². The van der Waals surface area contributed by atoms with Gasteiger partial charge < -0.3 is 10.5 Å². The van der Waals surface area contributed by atoms with Crippen molar-refractivity contribution in [3.8, 4) is 22.9 Å². The maximum atomic E-state index is 14.2. The number of rotatable bonds is 0. The zero-order valence-corrected chi connectivity index (χ0v) is 17.2. The van der Waals surface area contributed by atoms with Crippen molar-refractivity contribution in [1.82, 2.24) is 14.8 Å². The molecule has 32 heavy (non-hydrogen) atoms. The van der Waals surface area contributed by atoms with Crippen LogP contribution in [0.4, 0.5) is 21.7 Å². The maximum absolute atomic E-state index is 14.2. The van der Waals surface area contributed by atoms with Gasteiger partial charge in [0.1, 0.15) is 23.7 Å². The molecule has 0 saturated carbocycles. The van der Waals surface area contributed by atoms with Crippen LogP contribution in [0.3, 0.4) is 0 Å². The first-order chi connectivity index (χ1) is 15.5. The molecule has 2 aliphatic heterocycles. The molecule has 0 saturated heterocycles. The molecular weight excluding hydrogens is 411 g/mol. The lowest BCUT2D eigenvalue weighted by atomic mass is 10.1. The molecule has 5 rings (SSSR count). The first-order valence-electron chi connectivity index (χ1n) is 9.75. The number of hydrogen-bond donors (Lipinski definition) is 1. The van der Waals surface area contributed by atoms with Crippen molar-refractivity contribution in [1.29, 1.82) is 5.26 Å². The Morgan fingerprint density at radius 2 is 2.12 bits per heavy atom. The molecule has 0 spiro atoms. The second kappa shape index (κ2) is 7.31. The quantitative estimate of drug-likeness (QED) is 0.584. The average Bonchev–Trinajstić information content (AvgIpc) is 3.09. The molecule has 158 valence electrons. The van der Waals surface area contributed by atoms with Crippen molar-refractivity contribution < 1.29 is 9.13 Å². The number of benzene rings is 1. The highest BCUT2D eigenvalue weighted by Gasteiger charge is 2.26. The van der Waals surface area contributed by atoms with E-state index in [1.165, 1.54) is 16.8 Å². The van der Waals surface area contributed by atoms with E-state index >= 15 is 0 Å². The topological polar surface area (TPSA) is 118 Å². The van der Waals surface area contributed by atoms with Crippen LogP contribution in [-0.2, 0) is 7.05 Å². The molecule has 0 amide bonds. The summed E-state index contributed by atoms with van der Waals surface area (Å²) in [5.41, 5.74) is 8.57. The number of nitrogen functional groups attached to an aromatic ring is 1. The van der Waals surface area contributed by atoms with Gasteiger partial charge in [-0.05, 0) is 43.3 Å². The third-order valence-corrected chi connectivity index (χ3v) is 5.22. The Morgan fingerprint density at radius 3 is 2.94 bits per heavy atom. The van der Waals surface area contributed by atoms with Gasteiger partial charge in [-0.2, -0.15) is 15.5 Å². The fourth-order valence-electron chi connectivity index (χ4n) is 3.71. The van der Waals surface area contributed by atoms with Crippen LogP contribution in [0.25, 0.3) is 11.1 Å². The number of aryl methyl sites for hydroxylation is 1. The fourth-order valence-corrected chi connectivity index (χ4v) is 3.71. The van der Waals surface area contributed by atoms with Crippen molar-refractivity contribution in [2.75, 3.05) is 10.7 Å². The molecule has 2 N–H and O–H groups in total. The molecule has 10 heteroatoms. The standard InChI is InChI=1S/C22H17FN8O/c1-12-15-9-14(23)5-6-16(15)31-19(4-3-7-27-31)28-22-20(17(10-24)30(2)29-22)13-8-18(32-12)21(25)26-11-13/h3-9,11-12H,1-2H3,(H2,25,26)/b28-19+/t12-/m1/s1. The van der Waals surface area contributed by atoms with Crippen LogP contribution in [0.5, 0.6) is 5.75 Å². The Bertz CT molecular complexity index is 1380. The van der Waals surface area contributed by atoms with Gasteiger partial charge in [-0.25, -0.2) is 19.4 Å². The van der Waals surface area contributed by atoms with E-state index in [0.717, 1.165) is 0 Å². The largest absolute Gasteiger partial charge is 0.482 e. The summed E-state index contributed by atoms with van der Waals surface area (Å²) in [6, 6.07) is 8.21. The lowest BCUT2D eigenvalue weighted by Gasteiger charge is -2.26. The Balaban J connectivity index is 1.85. The fraction of sp³-hybridized carbons (Fsp3) is 0.136. The number of allylic oxidation sites excluding steroid dienone is 1. The van der Waals surface area contributed by atoms with Crippen LogP contribution in [0, 0.1) is 17.1 Å². The zero-order chi connectivity index (χ0) is 22.4. The average molecular weight is 428 g/mol. The lowest BCUT2D eigenvalue weighted by molar-refractivity contribution is 0.227. The molecule has 2 bridgehead atoms. The monoisotopic (exact) mass is 428 g/mol. The Hall–Kier alpha value is -4.52. The minimum absolute atomic E-state index is 0.169. The van der Waals surface area contributed by atoms with E-state index in [4.69, 9.17) is 15.5 Å². The molecule has 2 aliphatic rings. The number of pyridine rings is 1. The van der Waals surface area contributed by atoms with Crippen molar-refractivity contribution >= 4 is 29.4 Å². The SMILES string of the molecule is C[C@H]1Oc2cc(cnc2N)-c2c(nn(C)c2C#N)/N=C2\C=CC=NN2c2ccc(F)cc21. The number of fused-ring (bicyclic) bond motifs is 7. The van der Waals surface area contributed by atoms with Crippen LogP contribution in [-0.4, -0.2) is 26.8 Å². The second-order valence-electron chi connectivity index (χ2n) is 7.26. The van der Waals surface area contributed by atoms with Gasteiger partial charge in [0, 0.05) is 30.6 Å². The minimum atomic E-state index is -0.592. The van der Waals surface area contributed by atoms with Gasteiger partial charge in [-0.3, -0.25) is 4.68 Å². The van der Waals surface area contributed by atoms with Gasteiger partial charge >= 0.3 is 0 Å². The summed E-state index contributed by atoms with van der Waals surface area (Å²) in [5, 5.41) is 20.2. The number of amidine groups is 1. The second-order valence-corrected chi connectivity index (χ2v) is 7.26. The highest BCUT2D eigenvalue weighted by atomic mass is 19.1. The summed E-state index contributed by atoms with van der Waals surface area (Å²) in [4.78, 5) is 8.95. The molecule has 0 aliphatic carbocycles. The number of ether oxygens (including phenoxy) is 1. The molecule has 0 unspecified atom stereocenters. The van der Waals surface area contributed by atoms with Crippen molar-refractivity contribution in [3.05, 3.63) is 59.7 Å². The summed E-state index contributed by atoms with van der Waals surface area (Å²) in [6.07, 6.45) is 6.05. The highest BCUT2D eigenvalue weighted by molar-refractivity contribution is 6.11. The Kier molecular flexibility index (Phi) is 4.44. The Labute approximate surface area is 182 Å². The van der Waals surface area contributed by atoms with Crippen LogP contribution in [0.15, 0.2) is 52.7 Å². The van der Waals surface area contributed by atoms with E-state index < -0.39 is 11.9 Å². The van der Waals surface area contributed by atoms with Gasteiger partial charge in [0.25, 0.3) is 0 Å². The minimum Gasteiger partial charge on any atom is -0.482 e. The van der Waals surface area contributed by atoms with Crippen molar-refractivity contribution in [3.63, 3.8) is 0 Å². The number of anilines is 2. The molecule has 4 heterocycles. The van der Waals surface area contributed by atoms with Crippen LogP contribution in [0.1, 0.15) is 24.3 Å². The van der Waals surface area contributed by atoms with Gasteiger partial charge in [0.05, 0.1) is 11.3 Å². The third-order valence-electron chi connectivity index (χ3n) is 5.22. The summed E-state index contributed by atoms with van der Waals surface area (Å²) in [5.74, 6) is 0.812. The predicted octanol–water partition coefficient (Wildman–Crippen LogP) is 3.62. The van der Waals surface area contributed by atoms with Gasteiger partial charge in [-0.15, -0.1) is 0 Å². The lowest BCUT2D eigenvalue weighted by Crippen LogP contribution is -2.27. The van der Waals surface area contributed by atoms with Gasteiger partial charge in [0.15, 0.2) is 23.2 Å². The molecular formula is C22H17FN8O. The molecule has 0 radical (unpaired) electrons. The molecule has 2 aromatic heterocycles. The van der Waals surface area contributed by atoms with Gasteiger partial charge in [-0.1, -0.05) is 0 Å². The molecule has 3 aromatic rings. The normalized spacial score (nSPS) is 18.1. The summed E-state index contributed by atoms with van der Waals surface area (Å²) in [6.45, 7) is 1.78. The van der Waals surface area contributed by atoms with E-state index in [0.29, 0.717) is 45.5 Å². The van der Waals surface area contributed by atoms with Crippen molar-refractivity contribution in [2.24, 2.45) is 17.1 Å². The molecule has 9 nitrogen and oxygen atoms in total. The van der Waals surface area contributed by atoms with Crippen molar-refractivity contribution in [2.45, 2.75) is 13.0 Å². The number of hydrogen-bond acceptors (Lipinski definition) is 8. The first kappa shape index (κ1) is 19.4. The maximum Gasteiger partial charge on any atom is 0.185 e. The summed E-state index contributed by atoms with van der Waals surface area (Å²) >= 11 is 0. The smallest absolute Gasteiger partial charge is 0.185 e. The number of halogens is 1. The van der Waals surface area contributed by atoms with E-state index in [1.807, 2.05) is 0 Å². The Morgan fingerprint density at radius 1 is 1.28 bits per heavy atom. The van der Waals surface area contributed by atoms with Gasteiger partial charge in [0.2, 0.25) is 0 Å². The number of nitriles is 1.